The molecule has 2 saturated carbocycles. The predicted molar refractivity (Wildman–Crippen MR) is 99.6 cm³/mol. The Hall–Kier alpha value is -2.09. The average Bonchev–Trinajstić information content (AvgIpc) is 3.23. The molecule has 2 aromatic rings. The SMILES string of the molecule is Cn1c(N[C@@H]2CCCC[C@H]2OC2CCCC2)nc2c1c(=O)[nH]c(=O)n2C. The van der Waals surface area contributed by atoms with Crippen molar-refractivity contribution in [2.75, 3.05) is 5.32 Å². The molecule has 0 saturated heterocycles. The van der Waals surface area contributed by atoms with Crippen LogP contribution in [0.4, 0.5) is 5.95 Å². The summed E-state index contributed by atoms with van der Waals surface area (Å²) in [6, 6.07) is 0.177. The van der Waals surface area contributed by atoms with Gasteiger partial charge in [-0.1, -0.05) is 25.7 Å². The summed E-state index contributed by atoms with van der Waals surface area (Å²) in [6.45, 7) is 0. The van der Waals surface area contributed by atoms with Gasteiger partial charge in [-0.3, -0.25) is 14.3 Å². The third kappa shape index (κ3) is 3.06. The number of rotatable bonds is 4. The molecular formula is C18H27N5O3. The van der Waals surface area contributed by atoms with Crippen molar-refractivity contribution in [3.8, 4) is 0 Å². The molecular weight excluding hydrogens is 334 g/mol. The molecule has 0 unspecified atom stereocenters. The zero-order valence-corrected chi connectivity index (χ0v) is 15.5. The molecule has 2 aliphatic rings. The highest BCUT2D eigenvalue weighted by Gasteiger charge is 2.30. The Morgan fingerprint density at radius 3 is 2.50 bits per heavy atom. The number of imidazole rings is 1. The van der Waals surface area contributed by atoms with Gasteiger partial charge >= 0.3 is 5.69 Å². The first-order chi connectivity index (χ1) is 12.5. The molecule has 0 aromatic carbocycles. The minimum atomic E-state index is -0.452. The predicted octanol–water partition coefficient (Wildman–Crippen LogP) is 1.64. The van der Waals surface area contributed by atoms with Crippen LogP contribution in [0, 0.1) is 0 Å². The summed E-state index contributed by atoms with van der Waals surface area (Å²) >= 11 is 0. The number of aromatic amines is 1. The Labute approximate surface area is 151 Å². The van der Waals surface area contributed by atoms with Crippen LogP contribution in [0.3, 0.4) is 0 Å². The molecule has 142 valence electrons. The minimum Gasteiger partial charge on any atom is -0.373 e. The molecule has 0 aliphatic heterocycles. The fourth-order valence-corrected chi connectivity index (χ4v) is 4.30. The van der Waals surface area contributed by atoms with Crippen molar-refractivity contribution >= 4 is 17.1 Å². The smallest absolute Gasteiger partial charge is 0.329 e. The molecule has 26 heavy (non-hydrogen) atoms. The number of hydrogen-bond donors (Lipinski definition) is 2. The highest BCUT2D eigenvalue weighted by Crippen LogP contribution is 2.30. The van der Waals surface area contributed by atoms with Gasteiger partial charge < -0.3 is 14.6 Å². The van der Waals surface area contributed by atoms with Gasteiger partial charge in [-0.05, 0) is 25.7 Å². The topological polar surface area (TPSA) is 93.9 Å². The molecule has 2 atom stereocenters. The number of hydrogen-bond acceptors (Lipinski definition) is 5. The van der Waals surface area contributed by atoms with Gasteiger partial charge in [0.15, 0.2) is 11.2 Å². The summed E-state index contributed by atoms with van der Waals surface area (Å²) < 4.78 is 9.50. The van der Waals surface area contributed by atoms with Gasteiger partial charge in [0.05, 0.1) is 18.2 Å². The van der Waals surface area contributed by atoms with E-state index in [4.69, 9.17) is 4.74 Å². The van der Waals surface area contributed by atoms with E-state index in [-0.39, 0.29) is 12.1 Å². The molecule has 2 N–H and O–H groups in total. The van der Waals surface area contributed by atoms with Crippen LogP contribution in [0.2, 0.25) is 0 Å². The van der Waals surface area contributed by atoms with E-state index < -0.39 is 11.2 Å². The van der Waals surface area contributed by atoms with E-state index in [1.54, 1.807) is 18.7 Å². The second kappa shape index (κ2) is 6.90. The Balaban J connectivity index is 1.61. The van der Waals surface area contributed by atoms with Crippen LogP contribution in [0.15, 0.2) is 9.59 Å². The number of anilines is 1. The quantitative estimate of drug-likeness (QED) is 0.863. The average molecular weight is 361 g/mol. The van der Waals surface area contributed by atoms with E-state index in [0.29, 0.717) is 23.2 Å². The summed E-state index contributed by atoms with van der Waals surface area (Å²) in [5.41, 5.74) is -0.0627. The third-order valence-electron chi connectivity index (χ3n) is 5.82. The van der Waals surface area contributed by atoms with E-state index in [9.17, 15) is 9.59 Å². The Morgan fingerprint density at radius 2 is 1.73 bits per heavy atom. The van der Waals surface area contributed by atoms with Crippen LogP contribution >= 0.6 is 0 Å². The zero-order valence-electron chi connectivity index (χ0n) is 15.5. The number of ether oxygens (including phenoxy) is 1. The van der Waals surface area contributed by atoms with Crippen LogP contribution in [-0.4, -0.2) is 37.4 Å². The molecule has 0 amide bonds. The number of H-pyrrole nitrogens is 1. The molecule has 8 heteroatoms. The van der Waals surface area contributed by atoms with Crippen molar-refractivity contribution in [3.63, 3.8) is 0 Å². The lowest BCUT2D eigenvalue weighted by molar-refractivity contribution is -0.0323. The van der Waals surface area contributed by atoms with Gasteiger partial charge in [0.2, 0.25) is 5.95 Å². The monoisotopic (exact) mass is 361 g/mol. The number of aryl methyl sites for hydroxylation is 2. The van der Waals surface area contributed by atoms with Crippen LogP contribution in [0.1, 0.15) is 51.4 Å². The summed E-state index contributed by atoms with van der Waals surface area (Å²) in [5.74, 6) is 0.610. The first-order valence-electron chi connectivity index (χ1n) is 9.62. The van der Waals surface area contributed by atoms with Gasteiger partial charge in [-0.15, -0.1) is 0 Å². The maximum atomic E-state index is 12.2. The van der Waals surface area contributed by atoms with Gasteiger partial charge in [0.25, 0.3) is 5.56 Å². The van der Waals surface area contributed by atoms with E-state index in [1.807, 2.05) is 0 Å². The third-order valence-corrected chi connectivity index (χ3v) is 5.82. The molecule has 4 rings (SSSR count). The maximum absolute atomic E-state index is 12.2. The Morgan fingerprint density at radius 1 is 1.04 bits per heavy atom. The fourth-order valence-electron chi connectivity index (χ4n) is 4.30. The summed E-state index contributed by atoms with van der Waals surface area (Å²) in [5, 5.41) is 3.50. The number of nitrogens with one attached hydrogen (secondary N) is 2. The molecule has 0 bridgehead atoms. The molecule has 8 nitrogen and oxygen atoms in total. The van der Waals surface area contributed by atoms with Gasteiger partial charge in [-0.25, -0.2) is 4.79 Å². The van der Waals surface area contributed by atoms with Gasteiger partial charge in [0, 0.05) is 14.1 Å². The standard InChI is InChI=1S/C18H27N5O3/c1-22-14-15(23(2)18(25)21-16(14)24)20-17(22)19-12-9-5-6-10-13(12)26-11-7-3-4-8-11/h11-13H,3-10H2,1-2H3,(H,19,20)(H,21,24,25)/t12-,13-/m1/s1. The van der Waals surface area contributed by atoms with Gasteiger partial charge in [-0.2, -0.15) is 4.98 Å². The summed E-state index contributed by atoms with van der Waals surface area (Å²) in [7, 11) is 3.41. The lowest BCUT2D eigenvalue weighted by Gasteiger charge is -2.34. The van der Waals surface area contributed by atoms with Crippen LogP contribution in [0.5, 0.6) is 0 Å². The largest absolute Gasteiger partial charge is 0.373 e. The molecule has 2 fully saturated rings. The van der Waals surface area contributed by atoms with Crippen molar-refractivity contribution in [1.29, 1.82) is 0 Å². The normalized spacial score (nSPS) is 24.4. The van der Waals surface area contributed by atoms with E-state index >= 15 is 0 Å². The molecule has 2 heterocycles. The maximum Gasteiger partial charge on any atom is 0.329 e. The van der Waals surface area contributed by atoms with Crippen LogP contribution in [-0.2, 0) is 18.8 Å². The highest BCUT2D eigenvalue weighted by atomic mass is 16.5. The second-order valence-corrected chi connectivity index (χ2v) is 7.60. The molecule has 0 spiro atoms. The Kier molecular flexibility index (Phi) is 4.60. The number of fused-ring (bicyclic) bond motifs is 1. The van der Waals surface area contributed by atoms with Gasteiger partial charge in [0.1, 0.15) is 0 Å². The second-order valence-electron chi connectivity index (χ2n) is 7.60. The van der Waals surface area contributed by atoms with Crippen molar-refractivity contribution in [2.24, 2.45) is 14.1 Å². The summed E-state index contributed by atoms with van der Waals surface area (Å²) in [6.07, 6.45) is 9.82. The van der Waals surface area contributed by atoms with Crippen molar-refractivity contribution in [2.45, 2.75) is 69.6 Å². The van der Waals surface area contributed by atoms with E-state index in [1.165, 1.54) is 23.8 Å². The first-order valence-corrected chi connectivity index (χ1v) is 9.62. The fraction of sp³-hybridized carbons (Fsp3) is 0.722. The molecule has 2 aromatic heterocycles. The molecule has 0 radical (unpaired) electrons. The lowest BCUT2D eigenvalue weighted by Crippen LogP contribution is -2.40. The zero-order chi connectivity index (χ0) is 18.3. The Bertz CT molecular complexity index is 906. The van der Waals surface area contributed by atoms with E-state index in [2.05, 4.69) is 15.3 Å². The van der Waals surface area contributed by atoms with Crippen molar-refractivity contribution < 1.29 is 4.74 Å². The first kappa shape index (κ1) is 17.3. The summed E-state index contributed by atoms with van der Waals surface area (Å²) in [4.78, 5) is 30.9. The lowest BCUT2D eigenvalue weighted by atomic mass is 9.92. The van der Waals surface area contributed by atoms with E-state index in [0.717, 1.165) is 32.1 Å². The molecule has 2 aliphatic carbocycles. The number of aromatic nitrogens is 4. The van der Waals surface area contributed by atoms with Crippen LogP contribution in [0.25, 0.3) is 11.2 Å². The van der Waals surface area contributed by atoms with Crippen molar-refractivity contribution in [1.82, 2.24) is 19.1 Å². The van der Waals surface area contributed by atoms with Crippen molar-refractivity contribution in [3.05, 3.63) is 20.8 Å². The van der Waals surface area contributed by atoms with Crippen LogP contribution < -0.4 is 16.6 Å². The minimum absolute atomic E-state index is 0.175. The number of nitrogens with zero attached hydrogens (tertiary/aromatic N) is 3. The highest BCUT2D eigenvalue weighted by molar-refractivity contribution is 5.73.